The van der Waals surface area contributed by atoms with Crippen molar-refractivity contribution in [3.8, 4) is 16.9 Å². The molecular weight excluding hydrogens is 759 g/mol. The molecule has 4 atom stereocenters. The maximum atomic E-state index is 15.5. The molecule has 320 valence electrons. The Labute approximate surface area is 337 Å². The van der Waals surface area contributed by atoms with Crippen LogP contribution in [0.25, 0.3) is 11.1 Å². The molecule has 0 unspecified atom stereocenters. The maximum Gasteiger partial charge on any atom is 0.408 e. The monoisotopic (exact) mass is 816 g/mol. The quantitative estimate of drug-likeness (QED) is 0.135. The zero-order chi connectivity index (χ0) is 43.6. The average molecular weight is 817 g/mol. The molecule has 2 aromatic rings. The Bertz CT molecular complexity index is 1820. The lowest BCUT2D eigenvalue weighted by Gasteiger charge is -2.28. The summed E-state index contributed by atoms with van der Waals surface area (Å²) < 4.78 is 31.3. The summed E-state index contributed by atoms with van der Waals surface area (Å²) in [5, 5.41) is 36.9. The van der Waals surface area contributed by atoms with Crippen LogP contribution >= 0.6 is 0 Å². The number of carbonyl (C=O) groups excluding carboxylic acids is 6. The van der Waals surface area contributed by atoms with Crippen molar-refractivity contribution in [2.75, 3.05) is 19.6 Å². The lowest BCUT2D eigenvalue weighted by Crippen LogP contribution is -2.58. The molecule has 4 bridgehead atoms. The number of nitrogens with one attached hydrogen (secondary N) is 6. The van der Waals surface area contributed by atoms with Crippen LogP contribution in [-0.2, 0) is 41.4 Å². The highest BCUT2D eigenvalue weighted by atomic mass is 19.1. The predicted octanol–water partition coefficient (Wildman–Crippen LogP) is 3.08. The molecule has 1 aliphatic heterocycles. The van der Waals surface area contributed by atoms with Crippen LogP contribution < -0.4 is 31.9 Å². The van der Waals surface area contributed by atoms with Gasteiger partial charge >= 0.3 is 18.3 Å². The summed E-state index contributed by atoms with van der Waals surface area (Å²) in [6.45, 7) is 14.2. The molecule has 17 nitrogen and oxygen atoms in total. The maximum absolute atomic E-state index is 15.5. The van der Waals surface area contributed by atoms with Gasteiger partial charge in [0.1, 0.15) is 46.5 Å². The molecule has 0 aromatic heterocycles. The highest BCUT2D eigenvalue weighted by molar-refractivity contribution is 5.94. The lowest BCUT2D eigenvalue weighted by molar-refractivity contribution is -0.133. The van der Waals surface area contributed by atoms with Crippen molar-refractivity contribution < 1.29 is 57.6 Å². The van der Waals surface area contributed by atoms with Crippen molar-refractivity contribution in [1.29, 1.82) is 0 Å². The van der Waals surface area contributed by atoms with Gasteiger partial charge in [-0.2, -0.15) is 0 Å². The van der Waals surface area contributed by atoms with Gasteiger partial charge in [0, 0.05) is 38.9 Å². The number of rotatable bonds is 9. The number of aliphatic hydroxyl groups is 1. The van der Waals surface area contributed by atoms with Crippen LogP contribution in [0, 0.1) is 5.82 Å². The molecule has 58 heavy (non-hydrogen) atoms. The number of amides is 6. The number of phenolic OH excluding ortho intramolecular Hbond substituents is 1. The highest BCUT2D eigenvalue weighted by Crippen LogP contribution is 2.29. The number of ether oxygens (including phenoxy) is 3. The van der Waals surface area contributed by atoms with Crippen LogP contribution in [0.5, 0.6) is 5.75 Å². The molecule has 6 amide bonds. The summed E-state index contributed by atoms with van der Waals surface area (Å²) in [6.07, 6.45) is -5.24. The van der Waals surface area contributed by atoms with Gasteiger partial charge in [-0.3, -0.25) is 14.4 Å². The Morgan fingerprint density at radius 3 is 1.88 bits per heavy atom. The molecule has 0 aliphatic carbocycles. The summed E-state index contributed by atoms with van der Waals surface area (Å²) in [5.74, 6) is -3.61. The summed E-state index contributed by atoms with van der Waals surface area (Å²) in [7, 11) is 0. The Kier molecular flexibility index (Phi) is 15.8. The standard InChI is InChI=1S/C40H57FN6O11/c1-38(2,3)56-35(53)43-15-14-42-32(50)28-18-24-16-22(10-12-27(24)41)23-11-13-31(49)25(17-23)19-29(47-37(55)58-40(7,8)9)33(51)46-30(34(52)45-28)20-26(48)21-44-36(54)57-39(4,5)6/h10-13,16-17,26,28-30,48-49H,14-15,18-21H2,1-9H3,(H,42,50)(H,43,53)(H,44,54)(H,45,52)(H,46,51)(H,47,55)/t26-,28+,29+,30+/m1/s1. The van der Waals surface area contributed by atoms with E-state index in [9.17, 15) is 39.0 Å². The van der Waals surface area contributed by atoms with Gasteiger partial charge in [-0.05, 0) is 109 Å². The number of hydrogen-bond donors (Lipinski definition) is 8. The van der Waals surface area contributed by atoms with Gasteiger partial charge in [0.15, 0.2) is 0 Å². The molecule has 2 aromatic carbocycles. The van der Waals surface area contributed by atoms with E-state index in [4.69, 9.17) is 14.2 Å². The average Bonchev–Trinajstić information content (AvgIpc) is 3.07. The molecule has 1 aliphatic rings. The van der Waals surface area contributed by atoms with E-state index in [1.165, 1.54) is 24.3 Å². The molecule has 1 heterocycles. The van der Waals surface area contributed by atoms with Crippen LogP contribution in [0.1, 0.15) is 79.9 Å². The van der Waals surface area contributed by atoms with Crippen molar-refractivity contribution in [3.05, 3.63) is 53.3 Å². The smallest absolute Gasteiger partial charge is 0.408 e. The van der Waals surface area contributed by atoms with E-state index in [-0.39, 0.29) is 42.8 Å². The first kappa shape index (κ1) is 46.7. The molecule has 0 fully saturated rings. The van der Waals surface area contributed by atoms with Crippen LogP contribution in [-0.4, -0.2) is 107 Å². The minimum atomic E-state index is -1.61. The van der Waals surface area contributed by atoms with Gasteiger partial charge in [-0.15, -0.1) is 0 Å². The number of benzene rings is 2. The Hall–Kier alpha value is -5.65. The second-order valence-electron chi connectivity index (χ2n) is 16.9. The number of aromatic hydroxyl groups is 1. The van der Waals surface area contributed by atoms with Gasteiger partial charge in [0.2, 0.25) is 17.7 Å². The minimum Gasteiger partial charge on any atom is -0.508 e. The van der Waals surface area contributed by atoms with Crippen molar-refractivity contribution in [2.24, 2.45) is 0 Å². The van der Waals surface area contributed by atoms with Crippen LogP contribution in [0.4, 0.5) is 18.8 Å². The topological polar surface area (TPSA) is 243 Å². The molecule has 0 radical (unpaired) electrons. The minimum absolute atomic E-state index is 0.0287. The van der Waals surface area contributed by atoms with E-state index >= 15 is 4.39 Å². The Morgan fingerprint density at radius 2 is 1.28 bits per heavy atom. The predicted molar refractivity (Wildman–Crippen MR) is 210 cm³/mol. The van der Waals surface area contributed by atoms with E-state index in [2.05, 4.69) is 31.9 Å². The molecule has 0 saturated carbocycles. The van der Waals surface area contributed by atoms with E-state index in [1.54, 1.807) is 74.4 Å². The van der Waals surface area contributed by atoms with E-state index in [1.807, 2.05) is 0 Å². The van der Waals surface area contributed by atoms with E-state index in [0.29, 0.717) is 11.1 Å². The molecule has 0 saturated heterocycles. The number of hydrogen-bond acceptors (Lipinski definition) is 11. The second-order valence-corrected chi connectivity index (χ2v) is 16.9. The van der Waals surface area contributed by atoms with Crippen LogP contribution in [0.2, 0.25) is 0 Å². The van der Waals surface area contributed by atoms with Crippen molar-refractivity contribution in [3.63, 3.8) is 0 Å². The van der Waals surface area contributed by atoms with Crippen LogP contribution in [0.3, 0.4) is 0 Å². The number of aliphatic hydroxyl groups excluding tert-OH is 1. The lowest BCUT2D eigenvalue weighted by atomic mass is 9.95. The fourth-order valence-electron chi connectivity index (χ4n) is 5.58. The number of alkyl carbamates (subject to hydrolysis) is 3. The molecule has 18 heteroatoms. The van der Waals surface area contributed by atoms with Gasteiger partial charge in [-0.25, -0.2) is 18.8 Å². The summed E-state index contributed by atoms with van der Waals surface area (Å²) >= 11 is 0. The van der Waals surface area contributed by atoms with Gasteiger partial charge in [-0.1, -0.05) is 12.1 Å². The van der Waals surface area contributed by atoms with Crippen LogP contribution in [0.15, 0.2) is 36.4 Å². The zero-order valence-corrected chi connectivity index (χ0v) is 34.5. The first-order chi connectivity index (χ1) is 26.8. The third kappa shape index (κ3) is 16.1. The second kappa shape index (κ2) is 19.7. The largest absolute Gasteiger partial charge is 0.508 e. The zero-order valence-electron chi connectivity index (χ0n) is 34.5. The molecular formula is C40H57FN6O11. The fourth-order valence-corrected chi connectivity index (χ4v) is 5.58. The number of fused-ring (bicyclic) bond motifs is 5. The first-order valence-corrected chi connectivity index (χ1v) is 18.9. The Balaban J connectivity index is 2.05. The van der Waals surface area contributed by atoms with Crippen molar-refractivity contribution in [1.82, 2.24) is 31.9 Å². The first-order valence-electron chi connectivity index (χ1n) is 18.9. The van der Waals surface area contributed by atoms with Gasteiger partial charge in [0.05, 0.1) is 6.10 Å². The van der Waals surface area contributed by atoms with Gasteiger partial charge < -0.3 is 56.3 Å². The number of phenols is 1. The van der Waals surface area contributed by atoms with Gasteiger partial charge in [0.25, 0.3) is 0 Å². The molecule has 0 spiro atoms. The fraction of sp³-hybridized carbons (Fsp3) is 0.550. The molecule has 3 rings (SSSR count). The van der Waals surface area contributed by atoms with E-state index < -0.39 is 95.8 Å². The summed E-state index contributed by atoms with van der Waals surface area (Å²) in [5.41, 5.74) is -1.37. The number of halogens is 1. The third-order valence-corrected chi connectivity index (χ3v) is 8.06. The summed E-state index contributed by atoms with van der Waals surface area (Å²) in [4.78, 5) is 79.3. The molecule has 8 N–H and O–H groups in total. The normalized spacial score (nSPS) is 18.2. The highest BCUT2D eigenvalue weighted by Gasteiger charge is 2.33. The third-order valence-electron chi connectivity index (χ3n) is 8.06. The summed E-state index contributed by atoms with van der Waals surface area (Å²) in [6, 6.07) is 4.09. The SMILES string of the molecule is CC(C)(C)OC(=O)NCCNC(=O)[C@@H]1Cc2cc(ccc2F)-c2ccc(O)c(c2)C[C@H](NC(=O)OC(C)(C)C)C(=O)N[C@@H](C[C@@H](O)CNC(=O)OC(C)(C)C)C(=O)N1. The Morgan fingerprint density at radius 1 is 0.741 bits per heavy atom. The van der Waals surface area contributed by atoms with E-state index in [0.717, 1.165) is 0 Å². The number of carbonyl (C=O) groups is 6. The van der Waals surface area contributed by atoms with Crippen molar-refractivity contribution in [2.45, 2.75) is 123 Å². The van der Waals surface area contributed by atoms with Crippen molar-refractivity contribution >= 4 is 36.0 Å².